The number of pyridine rings is 1. The Balaban J connectivity index is 2.05. The average Bonchev–Trinajstić information content (AvgIpc) is 2.33. The number of hydrogen-bond donors (Lipinski definition) is 1. The molecule has 0 spiro atoms. The van der Waals surface area contributed by atoms with Gasteiger partial charge in [-0.25, -0.2) is 9.99 Å². The third-order valence-corrected chi connectivity index (χ3v) is 3.40. The summed E-state index contributed by atoms with van der Waals surface area (Å²) >= 11 is 9.17. The van der Waals surface area contributed by atoms with Crippen molar-refractivity contribution in [1.29, 1.82) is 0 Å². The molecular formula is C11H13BrClN3O. The number of rotatable bonds is 2. The topological polar surface area (TPSA) is 45.2 Å². The molecule has 2 heterocycles. The highest BCUT2D eigenvalue weighted by Gasteiger charge is 2.16. The van der Waals surface area contributed by atoms with Gasteiger partial charge in [-0.3, -0.25) is 10.2 Å². The van der Waals surface area contributed by atoms with Crippen LogP contribution < -0.4 is 5.43 Å². The number of hydrazine groups is 1. The molecule has 0 atom stereocenters. The fraction of sp³-hybridized carbons (Fsp3) is 0.455. The summed E-state index contributed by atoms with van der Waals surface area (Å²) in [5.41, 5.74) is 3.25. The van der Waals surface area contributed by atoms with E-state index in [4.69, 9.17) is 11.6 Å². The zero-order valence-electron chi connectivity index (χ0n) is 9.25. The molecular weight excluding hydrogens is 305 g/mol. The zero-order chi connectivity index (χ0) is 12.3. The summed E-state index contributed by atoms with van der Waals surface area (Å²) in [6, 6.07) is 1.68. The maximum absolute atomic E-state index is 12.0. The van der Waals surface area contributed by atoms with Gasteiger partial charge in [0.2, 0.25) is 0 Å². The maximum Gasteiger partial charge on any atom is 0.268 e. The fourth-order valence-electron chi connectivity index (χ4n) is 1.79. The molecule has 1 aliphatic rings. The van der Waals surface area contributed by atoms with Crippen LogP contribution in [0.4, 0.5) is 0 Å². The van der Waals surface area contributed by atoms with Crippen LogP contribution in [0.25, 0.3) is 0 Å². The third kappa shape index (κ3) is 3.40. The summed E-state index contributed by atoms with van der Waals surface area (Å²) in [5.74, 6) is -0.203. The molecule has 0 unspecified atom stereocenters. The summed E-state index contributed by atoms with van der Waals surface area (Å²) in [7, 11) is 0. The van der Waals surface area contributed by atoms with Crippen molar-refractivity contribution in [2.24, 2.45) is 0 Å². The first-order valence-corrected chi connectivity index (χ1v) is 6.71. The van der Waals surface area contributed by atoms with E-state index < -0.39 is 0 Å². The lowest BCUT2D eigenvalue weighted by atomic mass is 10.2. The van der Waals surface area contributed by atoms with Gasteiger partial charge >= 0.3 is 0 Å². The molecule has 4 nitrogen and oxygen atoms in total. The van der Waals surface area contributed by atoms with Crippen molar-refractivity contribution in [2.45, 2.75) is 19.3 Å². The molecule has 1 N–H and O–H groups in total. The van der Waals surface area contributed by atoms with E-state index in [0.717, 1.165) is 30.4 Å². The van der Waals surface area contributed by atoms with E-state index in [0.29, 0.717) is 5.56 Å². The van der Waals surface area contributed by atoms with Gasteiger partial charge in [-0.15, -0.1) is 0 Å². The minimum absolute atomic E-state index is 0.203. The quantitative estimate of drug-likeness (QED) is 0.853. The summed E-state index contributed by atoms with van der Waals surface area (Å²) < 4.78 is 0.741. The third-order valence-electron chi connectivity index (χ3n) is 2.67. The first kappa shape index (κ1) is 12.8. The van der Waals surface area contributed by atoms with Crippen LogP contribution >= 0.6 is 27.5 Å². The number of halogens is 2. The largest absolute Gasteiger partial charge is 0.285 e. The number of hydrogen-bond acceptors (Lipinski definition) is 3. The van der Waals surface area contributed by atoms with Crippen molar-refractivity contribution in [1.82, 2.24) is 15.4 Å². The molecule has 1 amide bonds. The standard InChI is InChI=1S/C11H13BrClN3O/c12-8-6-9(10(13)14-7-8)11(17)15-16-4-2-1-3-5-16/h6-7H,1-5H2,(H,15,17). The molecule has 1 aliphatic heterocycles. The van der Waals surface area contributed by atoms with Crippen molar-refractivity contribution < 1.29 is 4.79 Å². The average molecular weight is 319 g/mol. The molecule has 1 saturated heterocycles. The Kier molecular flexibility index (Phi) is 4.36. The predicted octanol–water partition coefficient (Wildman–Crippen LogP) is 2.63. The monoisotopic (exact) mass is 317 g/mol. The Labute approximate surface area is 113 Å². The van der Waals surface area contributed by atoms with Crippen molar-refractivity contribution in [3.8, 4) is 0 Å². The molecule has 0 bridgehead atoms. The lowest BCUT2D eigenvalue weighted by molar-refractivity contribution is 0.0750. The predicted molar refractivity (Wildman–Crippen MR) is 69.8 cm³/mol. The summed E-state index contributed by atoms with van der Waals surface area (Å²) in [6.07, 6.45) is 5.03. The Morgan fingerprint density at radius 3 is 2.82 bits per heavy atom. The molecule has 1 fully saturated rings. The number of piperidine rings is 1. The molecule has 17 heavy (non-hydrogen) atoms. The Morgan fingerprint density at radius 1 is 1.41 bits per heavy atom. The molecule has 1 aromatic rings. The summed E-state index contributed by atoms with van der Waals surface area (Å²) in [6.45, 7) is 1.79. The van der Waals surface area contributed by atoms with Gasteiger partial charge in [-0.05, 0) is 34.8 Å². The van der Waals surface area contributed by atoms with E-state index in [1.54, 1.807) is 12.3 Å². The second-order valence-corrected chi connectivity index (χ2v) is 5.25. The van der Waals surface area contributed by atoms with Gasteiger partial charge in [-0.1, -0.05) is 18.0 Å². The fourth-order valence-corrected chi connectivity index (χ4v) is 2.31. The number of carbonyl (C=O) groups is 1. The van der Waals surface area contributed by atoms with Crippen LogP contribution in [-0.2, 0) is 0 Å². The molecule has 0 saturated carbocycles. The van der Waals surface area contributed by atoms with E-state index >= 15 is 0 Å². The Bertz CT molecular complexity index is 421. The minimum Gasteiger partial charge on any atom is -0.285 e. The van der Waals surface area contributed by atoms with Crippen LogP contribution in [0, 0.1) is 0 Å². The lowest BCUT2D eigenvalue weighted by Gasteiger charge is -2.26. The minimum atomic E-state index is -0.203. The maximum atomic E-state index is 12.0. The van der Waals surface area contributed by atoms with Gasteiger partial charge < -0.3 is 0 Å². The number of amides is 1. The molecule has 92 valence electrons. The Morgan fingerprint density at radius 2 is 2.12 bits per heavy atom. The highest BCUT2D eigenvalue weighted by molar-refractivity contribution is 9.10. The van der Waals surface area contributed by atoms with Crippen LogP contribution in [-0.4, -0.2) is 29.0 Å². The second-order valence-electron chi connectivity index (χ2n) is 3.98. The number of nitrogens with one attached hydrogen (secondary N) is 1. The smallest absolute Gasteiger partial charge is 0.268 e. The van der Waals surface area contributed by atoms with Crippen LogP contribution in [0.15, 0.2) is 16.7 Å². The second kappa shape index (κ2) is 5.80. The lowest BCUT2D eigenvalue weighted by Crippen LogP contribution is -2.45. The zero-order valence-corrected chi connectivity index (χ0v) is 11.6. The molecule has 6 heteroatoms. The van der Waals surface area contributed by atoms with Gasteiger partial charge in [0, 0.05) is 23.8 Å². The van der Waals surface area contributed by atoms with Gasteiger partial charge in [-0.2, -0.15) is 0 Å². The van der Waals surface area contributed by atoms with E-state index in [1.165, 1.54) is 6.42 Å². The highest BCUT2D eigenvalue weighted by Crippen LogP contribution is 2.18. The van der Waals surface area contributed by atoms with Gasteiger partial charge in [0.05, 0.1) is 5.56 Å². The van der Waals surface area contributed by atoms with E-state index in [2.05, 4.69) is 26.3 Å². The molecule has 1 aromatic heterocycles. The van der Waals surface area contributed by atoms with Gasteiger partial charge in [0.1, 0.15) is 5.15 Å². The van der Waals surface area contributed by atoms with Gasteiger partial charge in [0.25, 0.3) is 5.91 Å². The van der Waals surface area contributed by atoms with E-state index in [-0.39, 0.29) is 11.1 Å². The molecule has 0 aromatic carbocycles. The van der Waals surface area contributed by atoms with Crippen LogP contribution in [0.1, 0.15) is 29.6 Å². The van der Waals surface area contributed by atoms with E-state index in [9.17, 15) is 4.79 Å². The normalized spacial score (nSPS) is 16.8. The van der Waals surface area contributed by atoms with Crippen molar-refractivity contribution in [3.05, 3.63) is 27.5 Å². The number of carbonyl (C=O) groups excluding carboxylic acids is 1. The Hall–Kier alpha value is -0.650. The SMILES string of the molecule is O=C(NN1CCCCC1)c1cc(Br)cnc1Cl. The molecule has 2 rings (SSSR count). The van der Waals surface area contributed by atoms with E-state index in [1.807, 2.05) is 5.01 Å². The summed E-state index contributed by atoms with van der Waals surface area (Å²) in [4.78, 5) is 15.9. The first-order chi connectivity index (χ1) is 8.16. The number of aromatic nitrogens is 1. The summed E-state index contributed by atoms with van der Waals surface area (Å²) in [5, 5.41) is 2.16. The van der Waals surface area contributed by atoms with Crippen LogP contribution in [0.3, 0.4) is 0 Å². The molecule has 0 aliphatic carbocycles. The number of nitrogens with zero attached hydrogens (tertiary/aromatic N) is 2. The van der Waals surface area contributed by atoms with Crippen LogP contribution in [0.2, 0.25) is 5.15 Å². The van der Waals surface area contributed by atoms with Gasteiger partial charge in [0.15, 0.2) is 0 Å². The van der Waals surface area contributed by atoms with Crippen LogP contribution in [0.5, 0.6) is 0 Å². The first-order valence-electron chi connectivity index (χ1n) is 5.54. The van der Waals surface area contributed by atoms with Crippen molar-refractivity contribution in [2.75, 3.05) is 13.1 Å². The van der Waals surface area contributed by atoms with Crippen molar-refractivity contribution in [3.63, 3.8) is 0 Å². The highest BCUT2D eigenvalue weighted by atomic mass is 79.9. The molecule has 0 radical (unpaired) electrons. The van der Waals surface area contributed by atoms with Crippen molar-refractivity contribution >= 4 is 33.4 Å².